The molecule has 6 nitrogen and oxygen atoms in total. The Morgan fingerprint density at radius 2 is 2.04 bits per heavy atom. The summed E-state index contributed by atoms with van der Waals surface area (Å²) in [6.07, 6.45) is 4.38. The number of nitrogens with one attached hydrogen (secondary N) is 2. The zero-order valence-corrected chi connectivity index (χ0v) is 15.3. The van der Waals surface area contributed by atoms with Crippen LogP contribution in [-0.2, 0) is 9.59 Å². The minimum atomic E-state index is -0.0934. The molecular formula is C20H29N3O3. The Morgan fingerprint density at radius 1 is 1.19 bits per heavy atom. The number of carbonyl (C=O) groups excluding carboxylic acids is 2. The van der Waals surface area contributed by atoms with Crippen LogP contribution in [0.4, 0.5) is 0 Å². The molecule has 2 amide bonds. The van der Waals surface area contributed by atoms with Gasteiger partial charge in [0, 0.05) is 25.7 Å². The van der Waals surface area contributed by atoms with E-state index >= 15 is 0 Å². The summed E-state index contributed by atoms with van der Waals surface area (Å²) in [5, 5.41) is 6.44. The molecule has 142 valence electrons. The summed E-state index contributed by atoms with van der Waals surface area (Å²) in [5.74, 6) is 0.827. The molecule has 2 unspecified atom stereocenters. The van der Waals surface area contributed by atoms with E-state index in [2.05, 4.69) is 10.6 Å². The smallest absolute Gasteiger partial charge is 0.226 e. The standard InChI is InChI=1S/C20H29N3O3/c24-19(10-13-26-18-8-2-1-3-9-18)23-12-5-6-16(15-23)20(25)22-14-17-7-4-11-21-17/h1-3,8-9,16-17,21H,4-7,10-15H2,(H,22,25). The van der Waals surface area contributed by atoms with Gasteiger partial charge in [-0.15, -0.1) is 0 Å². The Balaban J connectivity index is 1.39. The number of nitrogens with zero attached hydrogens (tertiary/aromatic N) is 1. The molecule has 0 aromatic heterocycles. The van der Waals surface area contributed by atoms with Gasteiger partial charge in [-0.3, -0.25) is 9.59 Å². The van der Waals surface area contributed by atoms with Crippen molar-refractivity contribution in [3.05, 3.63) is 30.3 Å². The molecule has 26 heavy (non-hydrogen) atoms. The number of ether oxygens (including phenoxy) is 1. The third kappa shape index (κ3) is 5.46. The molecule has 3 rings (SSSR count). The lowest BCUT2D eigenvalue weighted by molar-refractivity contribution is -0.136. The lowest BCUT2D eigenvalue weighted by atomic mass is 9.96. The highest BCUT2D eigenvalue weighted by Gasteiger charge is 2.28. The first kappa shape index (κ1) is 18.7. The summed E-state index contributed by atoms with van der Waals surface area (Å²) in [5.41, 5.74) is 0. The summed E-state index contributed by atoms with van der Waals surface area (Å²) in [7, 11) is 0. The maximum Gasteiger partial charge on any atom is 0.226 e. The SMILES string of the molecule is O=C(NCC1CCCN1)C1CCCN(C(=O)CCOc2ccccc2)C1. The minimum Gasteiger partial charge on any atom is -0.493 e. The zero-order valence-electron chi connectivity index (χ0n) is 15.3. The van der Waals surface area contributed by atoms with Crippen molar-refractivity contribution < 1.29 is 14.3 Å². The van der Waals surface area contributed by atoms with Crippen LogP contribution in [0, 0.1) is 5.92 Å². The predicted molar refractivity (Wildman–Crippen MR) is 99.9 cm³/mol. The average Bonchev–Trinajstić information content (AvgIpc) is 3.20. The first-order valence-electron chi connectivity index (χ1n) is 9.69. The highest BCUT2D eigenvalue weighted by Crippen LogP contribution is 2.18. The Labute approximate surface area is 155 Å². The van der Waals surface area contributed by atoms with E-state index in [0.717, 1.165) is 38.1 Å². The molecule has 2 fully saturated rings. The van der Waals surface area contributed by atoms with Gasteiger partial charge in [0.1, 0.15) is 5.75 Å². The first-order chi connectivity index (χ1) is 12.7. The van der Waals surface area contributed by atoms with E-state index < -0.39 is 0 Å². The van der Waals surface area contributed by atoms with Gasteiger partial charge in [-0.05, 0) is 44.4 Å². The highest BCUT2D eigenvalue weighted by molar-refractivity contribution is 5.81. The summed E-state index contributed by atoms with van der Waals surface area (Å²) in [6, 6.07) is 9.91. The van der Waals surface area contributed by atoms with Crippen LogP contribution < -0.4 is 15.4 Å². The van der Waals surface area contributed by atoms with Crippen molar-refractivity contribution in [2.45, 2.75) is 38.1 Å². The monoisotopic (exact) mass is 359 g/mol. The van der Waals surface area contributed by atoms with Crippen molar-refractivity contribution in [1.29, 1.82) is 0 Å². The van der Waals surface area contributed by atoms with Crippen molar-refractivity contribution in [2.24, 2.45) is 5.92 Å². The lowest BCUT2D eigenvalue weighted by Crippen LogP contribution is -2.47. The summed E-state index contributed by atoms with van der Waals surface area (Å²) < 4.78 is 5.60. The van der Waals surface area contributed by atoms with Gasteiger partial charge < -0.3 is 20.3 Å². The predicted octanol–water partition coefficient (Wildman–Crippen LogP) is 1.56. The first-order valence-corrected chi connectivity index (χ1v) is 9.69. The highest BCUT2D eigenvalue weighted by atomic mass is 16.5. The van der Waals surface area contributed by atoms with E-state index in [4.69, 9.17) is 4.74 Å². The maximum atomic E-state index is 12.4. The second-order valence-electron chi connectivity index (χ2n) is 7.13. The summed E-state index contributed by atoms with van der Waals surface area (Å²) in [6.45, 7) is 3.35. The average molecular weight is 359 g/mol. The van der Waals surface area contributed by atoms with Gasteiger partial charge in [0.25, 0.3) is 0 Å². The number of carbonyl (C=O) groups is 2. The molecule has 2 atom stereocenters. The molecule has 0 saturated carbocycles. The van der Waals surface area contributed by atoms with Crippen molar-refractivity contribution in [1.82, 2.24) is 15.5 Å². The molecule has 6 heteroatoms. The van der Waals surface area contributed by atoms with Crippen LogP contribution >= 0.6 is 0 Å². The van der Waals surface area contributed by atoms with Gasteiger partial charge in [-0.25, -0.2) is 0 Å². The molecule has 1 aromatic rings. The van der Waals surface area contributed by atoms with Crippen LogP contribution in [0.1, 0.15) is 32.1 Å². The number of rotatable bonds is 7. The fourth-order valence-electron chi connectivity index (χ4n) is 3.65. The molecule has 2 aliphatic heterocycles. The van der Waals surface area contributed by atoms with E-state index in [1.54, 1.807) is 0 Å². The van der Waals surface area contributed by atoms with Crippen molar-refractivity contribution in [3.63, 3.8) is 0 Å². The molecule has 2 heterocycles. The topological polar surface area (TPSA) is 70.7 Å². The third-order valence-electron chi connectivity index (χ3n) is 5.16. The molecule has 1 aromatic carbocycles. The number of piperidine rings is 1. The Hall–Kier alpha value is -2.08. The van der Waals surface area contributed by atoms with Crippen LogP contribution in [0.3, 0.4) is 0 Å². The quantitative estimate of drug-likeness (QED) is 0.775. The number of hydrogen-bond acceptors (Lipinski definition) is 4. The fraction of sp³-hybridized carbons (Fsp3) is 0.600. The van der Waals surface area contributed by atoms with Gasteiger partial charge in [-0.1, -0.05) is 18.2 Å². The van der Waals surface area contributed by atoms with Crippen LogP contribution in [0.15, 0.2) is 30.3 Å². The number of likely N-dealkylation sites (tertiary alicyclic amines) is 1. The van der Waals surface area contributed by atoms with E-state index in [-0.39, 0.29) is 17.7 Å². The van der Waals surface area contributed by atoms with E-state index in [1.165, 1.54) is 6.42 Å². The molecule has 0 spiro atoms. The van der Waals surface area contributed by atoms with E-state index in [9.17, 15) is 9.59 Å². The Morgan fingerprint density at radius 3 is 2.81 bits per heavy atom. The lowest BCUT2D eigenvalue weighted by Gasteiger charge is -2.32. The Kier molecular flexibility index (Phi) is 6.89. The summed E-state index contributed by atoms with van der Waals surface area (Å²) >= 11 is 0. The molecule has 2 N–H and O–H groups in total. The minimum absolute atomic E-state index is 0.0656. The molecule has 0 bridgehead atoms. The second-order valence-corrected chi connectivity index (χ2v) is 7.13. The van der Waals surface area contributed by atoms with E-state index in [0.29, 0.717) is 32.2 Å². The molecule has 2 aliphatic rings. The maximum absolute atomic E-state index is 12.4. The van der Waals surface area contributed by atoms with Gasteiger partial charge in [0.05, 0.1) is 18.9 Å². The largest absolute Gasteiger partial charge is 0.493 e. The van der Waals surface area contributed by atoms with E-state index in [1.807, 2.05) is 35.2 Å². The second kappa shape index (κ2) is 9.57. The summed E-state index contributed by atoms with van der Waals surface area (Å²) in [4.78, 5) is 26.7. The van der Waals surface area contributed by atoms with Crippen LogP contribution in [-0.4, -0.2) is 55.5 Å². The fourth-order valence-corrected chi connectivity index (χ4v) is 3.65. The van der Waals surface area contributed by atoms with Gasteiger partial charge in [-0.2, -0.15) is 0 Å². The van der Waals surface area contributed by atoms with Crippen LogP contribution in [0.5, 0.6) is 5.75 Å². The number of benzene rings is 1. The molecular weight excluding hydrogens is 330 g/mol. The van der Waals surface area contributed by atoms with Crippen LogP contribution in [0.25, 0.3) is 0 Å². The van der Waals surface area contributed by atoms with Crippen molar-refractivity contribution in [3.8, 4) is 5.75 Å². The number of para-hydroxylation sites is 1. The van der Waals surface area contributed by atoms with Gasteiger partial charge >= 0.3 is 0 Å². The van der Waals surface area contributed by atoms with Crippen molar-refractivity contribution >= 4 is 11.8 Å². The van der Waals surface area contributed by atoms with Gasteiger partial charge in [0.15, 0.2) is 0 Å². The molecule has 2 saturated heterocycles. The molecule has 0 aliphatic carbocycles. The Bertz CT molecular complexity index is 587. The number of hydrogen-bond donors (Lipinski definition) is 2. The van der Waals surface area contributed by atoms with Crippen LogP contribution in [0.2, 0.25) is 0 Å². The van der Waals surface area contributed by atoms with Crippen molar-refractivity contribution in [2.75, 3.05) is 32.8 Å². The zero-order chi connectivity index (χ0) is 18.2. The number of amides is 2. The normalized spacial score (nSPS) is 22.8. The molecule has 0 radical (unpaired) electrons. The van der Waals surface area contributed by atoms with Gasteiger partial charge in [0.2, 0.25) is 11.8 Å². The third-order valence-corrected chi connectivity index (χ3v) is 5.16.